The highest BCUT2D eigenvalue weighted by Crippen LogP contribution is 2.30. The van der Waals surface area contributed by atoms with Crippen molar-refractivity contribution in [1.82, 2.24) is 24.8 Å². The second kappa shape index (κ2) is 9.68. The fraction of sp³-hybridized carbons (Fsp3) is 0.259. The van der Waals surface area contributed by atoms with Crippen LogP contribution in [0.2, 0.25) is 0 Å². The summed E-state index contributed by atoms with van der Waals surface area (Å²) in [6.45, 7) is 1.87. The number of nitrogens with one attached hydrogen (secondary N) is 2. The standard InChI is InChI=1S/C27H27N7O2/c1-33-9-8-20(16-33)34(2)27(35)18-5-7-22(25(12-18)36-3)31-26-15-29-14-24(32-26)23-11-19-10-17(13-28)4-6-21(19)30-23/h4-7,10-12,14-15,20,30H,8-9,16H2,1-3H3,(H,31,32). The van der Waals surface area contributed by atoms with E-state index in [2.05, 4.69) is 33.3 Å². The number of fused-ring (bicyclic) bond motifs is 1. The number of benzene rings is 2. The van der Waals surface area contributed by atoms with Gasteiger partial charge in [0.1, 0.15) is 17.3 Å². The number of hydrogen-bond acceptors (Lipinski definition) is 7. The number of methoxy groups -OCH3 is 1. The molecule has 1 amide bonds. The fourth-order valence-corrected chi connectivity index (χ4v) is 4.56. The van der Waals surface area contributed by atoms with Crippen LogP contribution in [0.15, 0.2) is 54.9 Å². The Bertz CT molecular complexity index is 1470. The molecule has 2 N–H and O–H groups in total. The molecular formula is C27H27N7O2. The molecule has 1 atom stereocenters. The third kappa shape index (κ3) is 4.59. The topological polar surface area (TPSA) is 110 Å². The van der Waals surface area contributed by atoms with Crippen LogP contribution in [0.5, 0.6) is 5.75 Å². The van der Waals surface area contributed by atoms with Crippen LogP contribution in [0, 0.1) is 11.3 Å². The maximum absolute atomic E-state index is 13.1. The number of aromatic amines is 1. The molecule has 36 heavy (non-hydrogen) atoms. The van der Waals surface area contributed by atoms with E-state index < -0.39 is 0 Å². The highest BCUT2D eigenvalue weighted by Gasteiger charge is 2.27. The number of aromatic nitrogens is 3. The van der Waals surface area contributed by atoms with Crippen LogP contribution in [0.25, 0.3) is 22.3 Å². The molecule has 1 aliphatic heterocycles. The summed E-state index contributed by atoms with van der Waals surface area (Å²) in [6.07, 6.45) is 4.28. The number of carbonyl (C=O) groups is 1. The Kier molecular flexibility index (Phi) is 6.27. The zero-order valence-corrected chi connectivity index (χ0v) is 20.4. The summed E-state index contributed by atoms with van der Waals surface area (Å²) in [5.41, 5.74) is 4.22. The zero-order chi connectivity index (χ0) is 25.2. The van der Waals surface area contributed by atoms with E-state index >= 15 is 0 Å². The molecule has 1 unspecified atom stereocenters. The van der Waals surface area contributed by atoms with Crippen molar-refractivity contribution in [3.05, 3.63) is 66.0 Å². The lowest BCUT2D eigenvalue weighted by molar-refractivity contribution is 0.0737. The number of nitrogens with zero attached hydrogens (tertiary/aromatic N) is 5. The van der Waals surface area contributed by atoms with Gasteiger partial charge in [-0.05, 0) is 62.5 Å². The van der Waals surface area contributed by atoms with Crippen molar-refractivity contribution < 1.29 is 9.53 Å². The van der Waals surface area contributed by atoms with Crippen LogP contribution in [0.4, 0.5) is 11.5 Å². The molecule has 1 fully saturated rings. The van der Waals surface area contributed by atoms with Gasteiger partial charge < -0.3 is 24.8 Å². The summed E-state index contributed by atoms with van der Waals surface area (Å²) in [5, 5.41) is 13.3. The quantitative estimate of drug-likeness (QED) is 0.428. The van der Waals surface area contributed by atoms with Gasteiger partial charge in [-0.3, -0.25) is 9.78 Å². The minimum absolute atomic E-state index is 0.0275. The van der Waals surface area contributed by atoms with E-state index in [1.54, 1.807) is 37.7 Å². The average molecular weight is 482 g/mol. The van der Waals surface area contributed by atoms with Gasteiger partial charge in [0.25, 0.3) is 5.91 Å². The van der Waals surface area contributed by atoms with Crippen molar-refractivity contribution in [3.8, 4) is 23.2 Å². The average Bonchev–Trinajstić information content (AvgIpc) is 3.54. The number of ether oxygens (including phenoxy) is 1. The van der Waals surface area contributed by atoms with Crippen LogP contribution >= 0.6 is 0 Å². The highest BCUT2D eigenvalue weighted by atomic mass is 16.5. The first-order valence-corrected chi connectivity index (χ1v) is 11.7. The molecule has 1 aliphatic rings. The molecule has 0 spiro atoms. The number of amides is 1. The maximum atomic E-state index is 13.1. The van der Waals surface area contributed by atoms with E-state index in [4.69, 9.17) is 15.0 Å². The highest BCUT2D eigenvalue weighted by molar-refractivity contribution is 5.95. The van der Waals surface area contributed by atoms with Crippen LogP contribution in [0.3, 0.4) is 0 Å². The predicted molar refractivity (Wildman–Crippen MR) is 138 cm³/mol. The lowest BCUT2D eigenvalue weighted by Gasteiger charge is -2.25. The third-order valence-electron chi connectivity index (χ3n) is 6.61. The van der Waals surface area contributed by atoms with Gasteiger partial charge in [-0.1, -0.05) is 0 Å². The summed E-state index contributed by atoms with van der Waals surface area (Å²) in [7, 11) is 5.51. The van der Waals surface area contributed by atoms with E-state index in [0.717, 1.165) is 36.1 Å². The van der Waals surface area contributed by atoms with Gasteiger partial charge in [0, 0.05) is 36.1 Å². The summed E-state index contributed by atoms with van der Waals surface area (Å²) in [6, 6.07) is 15.2. The number of carbonyl (C=O) groups excluding carboxylic acids is 1. The molecule has 0 saturated carbocycles. The molecule has 2 aromatic carbocycles. The summed E-state index contributed by atoms with van der Waals surface area (Å²) >= 11 is 0. The zero-order valence-electron chi connectivity index (χ0n) is 20.4. The van der Waals surface area contributed by atoms with Gasteiger partial charge in [-0.25, -0.2) is 4.98 Å². The fourth-order valence-electron chi connectivity index (χ4n) is 4.56. The molecule has 0 bridgehead atoms. The number of nitriles is 1. The van der Waals surface area contributed by atoms with E-state index in [-0.39, 0.29) is 11.9 Å². The van der Waals surface area contributed by atoms with Crippen molar-refractivity contribution in [2.24, 2.45) is 0 Å². The van der Waals surface area contributed by atoms with E-state index in [1.807, 2.05) is 36.2 Å². The Morgan fingerprint density at radius 2 is 2.11 bits per heavy atom. The van der Waals surface area contributed by atoms with Crippen molar-refractivity contribution in [3.63, 3.8) is 0 Å². The molecule has 3 heterocycles. The normalized spacial score (nSPS) is 15.6. The summed E-state index contributed by atoms with van der Waals surface area (Å²) in [5.74, 6) is 1.05. The Hall–Kier alpha value is -4.42. The number of likely N-dealkylation sites (N-methyl/N-ethyl adjacent to an activating group) is 2. The molecule has 9 nitrogen and oxygen atoms in total. The monoisotopic (exact) mass is 481 g/mol. The van der Waals surface area contributed by atoms with Crippen LogP contribution in [-0.2, 0) is 0 Å². The first kappa shape index (κ1) is 23.3. The minimum Gasteiger partial charge on any atom is -0.495 e. The second-order valence-corrected chi connectivity index (χ2v) is 9.05. The van der Waals surface area contributed by atoms with Crippen molar-refractivity contribution in [1.29, 1.82) is 5.26 Å². The molecular weight excluding hydrogens is 454 g/mol. The van der Waals surface area contributed by atoms with Crippen molar-refractivity contribution >= 4 is 28.3 Å². The molecule has 182 valence electrons. The molecule has 4 aromatic rings. The smallest absolute Gasteiger partial charge is 0.254 e. The summed E-state index contributed by atoms with van der Waals surface area (Å²) < 4.78 is 5.59. The summed E-state index contributed by atoms with van der Waals surface area (Å²) in [4.78, 5) is 29.5. The third-order valence-corrected chi connectivity index (χ3v) is 6.61. The number of likely N-dealkylation sites (tertiary alicyclic amines) is 1. The number of H-pyrrole nitrogens is 1. The lowest BCUT2D eigenvalue weighted by atomic mass is 10.1. The Balaban J connectivity index is 1.36. The Morgan fingerprint density at radius 3 is 2.86 bits per heavy atom. The SMILES string of the molecule is COc1cc(C(=O)N(C)C2CCN(C)C2)ccc1Nc1cncc(-c2cc3cc(C#N)ccc3[nH]2)n1. The first-order chi connectivity index (χ1) is 17.4. The minimum atomic E-state index is -0.0275. The van der Waals surface area contributed by atoms with E-state index in [0.29, 0.717) is 34.1 Å². The predicted octanol–water partition coefficient (Wildman–Crippen LogP) is 4.02. The van der Waals surface area contributed by atoms with Crippen LogP contribution in [0.1, 0.15) is 22.3 Å². The van der Waals surface area contributed by atoms with E-state index in [9.17, 15) is 4.79 Å². The van der Waals surface area contributed by atoms with Crippen molar-refractivity contribution in [2.75, 3.05) is 39.6 Å². The molecule has 9 heteroatoms. The lowest BCUT2D eigenvalue weighted by Crippen LogP contribution is -2.38. The molecule has 0 aliphatic carbocycles. The van der Waals surface area contributed by atoms with Gasteiger partial charge in [0.15, 0.2) is 0 Å². The van der Waals surface area contributed by atoms with E-state index in [1.165, 1.54) is 0 Å². The molecule has 2 aromatic heterocycles. The Morgan fingerprint density at radius 1 is 1.25 bits per heavy atom. The largest absolute Gasteiger partial charge is 0.495 e. The van der Waals surface area contributed by atoms with Gasteiger partial charge >= 0.3 is 0 Å². The maximum Gasteiger partial charge on any atom is 0.254 e. The van der Waals surface area contributed by atoms with Gasteiger partial charge in [0.2, 0.25) is 0 Å². The molecule has 0 radical (unpaired) electrons. The van der Waals surface area contributed by atoms with Gasteiger partial charge in [0.05, 0.1) is 42.5 Å². The number of hydrogen-bond donors (Lipinski definition) is 2. The first-order valence-electron chi connectivity index (χ1n) is 11.7. The van der Waals surface area contributed by atoms with Crippen LogP contribution < -0.4 is 10.1 Å². The van der Waals surface area contributed by atoms with Gasteiger partial charge in [-0.2, -0.15) is 5.26 Å². The number of rotatable bonds is 6. The van der Waals surface area contributed by atoms with Crippen LogP contribution in [-0.4, -0.2) is 71.0 Å². The molecule has 1 saturated heterocycles. The Labute approximate surface area is 209 Å². The molecule has 5 rings (SSSR count). The second-order valence-electron chi connectivity index (χ2n) is 9.05. The number of anilines is 2. The van der Waals surface area contributed by atoms with Gasteiger partial charge in [-0.15, -0.1) is 0 Å². The van der Waals surface area contributed by atoms with Crippen molar-refractivity contribution in [2.45, 2.75) is 12.5 Å².